The van der Waals surface area contributed by atoms with Crippen molar-refractivity contribution >= 4 is 33.4 Å². The maximum atomic E-state index is 7.01. The van der Waals surface area contributed by atoms with Crippen molar-refractivity contribution in [2.75, 3.05) is 0 Å². The van der Waals surface area contributed by atoms with Gasteiger partial charge in [-0.05, 0) is 34.5 Å². The molecule has 0 fully saturated rings. The zero-order chi connectivity index (χ0) is 8.15. The molecule has 0 heterocycles. The fourth-order valence-corrected chi connectivity index (χ4v) is 0.701. The molecular formula is C6H8BrClN2. The van der Waals surface area contributed by atoms with E-state index < -0.39 is 0 Å². The summed E-state index contributed by atoms with van der Waals surface area (Å²) in [5.74, 6) is 0.00673. The van der Waals surface area contributed by atoms with E-state index in [-0.39, 0.29) is 5.84 Å². The first-order valence-electron chi connectivity index (χ1n) is 2.57. The van der Waals surface area contributed by atoms with Gasteiger partial charge in [-0.1, -0.05) is 11.6 Å². The summed E-state index contributed by atoms with van der Waals surface area (Å²) < 4.78 is 0.574. The molecule has 0 saturated carbocycles. The summed E-state index contributed by atoms with van der Waals surface area (Å²) in [6.07, 6.45) is 1.66. The second-order valence-corrected chi connectivity index (χ2v) is 2.75. The third kappa shape index (κ3) is 3.03. The Morgan fingerprint density at radius 3 is 2.50 bits per heavy atom. The van der Waals surface area contributed by atoms with Gasteiger partial charge in [-0.2, -0.15) is 0 Å². The Hall–Kier alpha value is -0.280. The van der Waals surface area contributed by atoms with Crippen LogP contribution < -0.4 is 5.73 Å². The summed E-state index contributed by atoms with van der Waals surface area (Å²) in [6, 6.07) is 0. The first kappa shape index (κ1) is 9.72. The minimum absolute atomic E-state index is 0.00673. The van der Waals surface area contributed by atoms with E-state index in [4.69, 9.17) is 22.7 Å². The van der Waals surface area contributed by atoms with Crippen molar-refractivity contribution < 1.29 is 0 Å². The molecule has 0 bridgehead atoms. The largest absolute Gasteiger partial charge is 0.383 e. The van der Waals surface area contributed by atoms with E-state index >= 15 is 0 Å². The first-order chi connectivity index (χ1) is 4.59. The number of rotatable bonds is 2. The Bertz CT molecular complexity index is 196. The highest BCUT2D eigenvalue weighted by Gasteiger charge is 1.97. The van der Waals surface area contributed by atoms with Crippen LogP contribution in [0, 0.1) is 5.41 Å². The molecule has 0 amide bonds. The molecule has 0 radical (unpaired) electrons. The van der Waals surface area contributed by atoms with Gasteiger partial charge in [0.2, 0.25) is 0 Å². The summed E-state index contributed by atoms with van der Waals surface area (Å²) in [7, 11) is 0. The van der Waals surface area contributed by atoms with Crippen molar-refractivity contribution in [2.24, 2.45) is 5.73 Å². The van der Waals surface area contributed by atoms with Crippen LogP contribution in [0.15, 0.2) is 21.7 Å². The van der Waals surface area contributed by atoms with Gasteiger partial charge in [-0.3, -0.25) is 5.41 Å². The number of amidine groups is 1. The third-order valence-corrected chi connectivity index (χ3v) is 2.07. The summed E-state index contributed by atoms with van der Waals surface area (Å²) in [4.78, 5) is 0. The van der Waals surface area contributed by atoms with Crippen LogP contribution in [0.4, 0.5) is 0 Å². The van der Waals surface area contributed by atoms with Crippen molar-refractivity contribution in [3.63, 3.8) is 0 Å². The van der Waals surface area contributed by atoms with Crippen molar-refractivity contribution in [1.82, 2.24) is 0 Å². The summed E-state index contributed by atoms with van der Waals surface area (Å²) in [5, 5.41) is 7.01. The molecule has 0 atom stereocenters. The van der Waals surface area contributed by atoms with E-state index in [1.165, 1.54) is 5.54 Å². The molecule has 0 aromatic carbocycles. The zero-order valence-corrected chi connectivity index (χ0v) is 7.83. The maximum Gasteiger partial charge on any atom is 0.130 e. The number of nitrogens with one attached hydrogen (secondary N) is 1. The normalized spacial score (nSPS) is 13.5. The molecule has 2 nitrogen and oxygen atoms in total. The molecule has 0 aromatic heterocycles. The summed E-state index contributed by atoms with van der Waals surface area (Å²) >= 11 is 8.43. The first-order valence-corrected chi connectivity index (χ1v) is 3.80. The monoisotopic (exact) mass is 222 g/mol. The molecule has 3 N–H and O–H groups in total. The average molecular weight is 224 g/mol. The Kier molecular flexibility index (Phi) is 4.40. The molecule has 0 aliphatic heterocycles. The number of hydrogen-bond donors (Lipinski definition) is 2. The summed E-state index contributed by atoms with van der Waals surface area (Å²) in [6.45, 7) is 1.81. The Morgan fingerprint density at radius 2 is 2.20 bits per heavy atom. The fraction of sp³-hybridized carbons (Fsp3) is 0.167. The van der Waals surface area contributed by atoms with Gasteiger partial charge in [-0.15, -0.1) is 0 Å². The minimum Gasteiger partial charge on any atom is -0.383 e. The van der Waals surface area contributed by atoms with Gasteiger partial charge in [0.05, 0.1) is 4.48 Å². The lowest BCUT2D eigenvalue weighted by Gasteiger charge is -1.96. The minimum atomic E-state index is 0.00673. The molecule has 0 aliphatic rings. The van der Waals surface area contributed by atoms with Gasteiger partial charge in [0, 0.05) is 5.54 Å². The molecule has 0 aromatic rings. The van der Waals surface area contributed by atoms with E-state index in [1.54, 1.807) is 6.08 Å². The van der Waals surface area contributed by atoms with Gasteiger partial charge in [0.1, 0.15) is 5.84 Å². The molecule has 0 aliphatic carbocycles. The van der Waals surface area contributed by atoms with Gasteiger partial charge in [0.25, 0.3) is 0 Å². The van der Waals surface area contributed by atoms with Gasteiger partial charge >= 0.3 is 0 Å². The van der Waals surface area contributed by atoms with E-state index in [0.717, 1.165) is 5.57 Å². The Labute approximate surface area is 73.4 Å². The highest BCUT2D eigenvalue weighted by Crippen LogP contribution is 2.12. The second kappa shape index (κ2) is 4.52. The smallest absolute Gasteiger partial charge is 0.130 e. The average Bonchev–Trinajstić information content (AvgIpc) is 1.87. The molecular weight excluding hydrogens is 215 g/mol. The Morgan fingerprint density at radius 1 is 1.70 bits per heavy atom. The topological polar surface area (TPSA) is 49.9 Å². The third-order valence-electron chi connectivity index (χ3n) is 0.896. The van der Waals surface area contributed by atoms with E-state index in [0.29, 0.717) is 4.48 Å². The van der Waals surface area contributed by atoms with Crippen LogP contribution in [-0.4, -0.2) is 5.84 Å². The van der Waals surface area contributed by atoms with Gasteiger partial charge < -0.3 is 5.73 Å². The zero-order valence-electron chi connectivity index (χ0n) is 5.49. The highest BCUT2D eigenvalue weighted by atomic mass is 79.9. The van der Waals surface area contributed by atoms with Crippen LogP contribution in [0.2, 0.25) is 0 Å². The van der Waals surface area contributed by atoms with Gasteiger partial charge in [0.15, 0.2) is 0 Å². The SMILES string of the molecule is CC(/C=C/Cl)=C(\Br)C(=N)N. The van der Waals surface area contributed by atoms with Crippen molar-refractivity contribution in [1.29, 1.82) is 5.41 Å². The lowest BCUT2D eigenvalue weighted by molar-refractivity contribution is 1.43. The molecule has 0 unspecified atom stereocenters. The van der Waals surface area contributed by atoms with Crippen LogP contribution in [0.5, 0.6) is 0 Å². The maximum absolute atomic E-state index is 7.01. The van der Waals surface area contributed by atoms with Gasteiger partial charge in [-0.25, -0.2) is 0 Å². The quantitative estimate of drug-likeness (QED) is 0.421. The fourth-order valence-electron chi connectivity index (χ4n) is 0.380. The standard InChI is InChI=1S/C6H8BrClN2/c1-4(2-3-8)5(7)6(9)10/h2-3H,1H3,(H3,9,10)/b3-2+,5-4+. The number of halogens is 2. The summed E-state index contributed by atoms with van der Waals surface area (Å²) in [5.41, 5.74) is 7.38. The van der Waals surface area contributed by atoms with Crippen molar-refractivity contribution in [2.45, 2.75) is 6.92 Å². The number of nitrogens with two attached hydrogens (primary N) is 1. The number of hydrogen-bond acceptors (Lipinski definition) is 1. The van der Waals surface area contributed by atoms with Crippen molar-refractivity contribution in [3.05, 3.63) is 21.7 Å². The van der Waals surface area contributed by atoms with Crippen LogP contribution >= 0.6 is 27.5 Å². The lowest BCUT2D eigenvalue weighted by Crippen LogP contribution is -2.09. The Balaban J connectivity index is 4.50. The van der Waals surface area contributed by atoms with E-state index in [9.17, 15) is 0 Å². The molecule has 56 valence electrons. The molecule has 10 heavy (non-hydrogen) atoms. The predicted molar refractivity (Wildman–Crippen MR) is 48.5 cm³/mol. The van der Waals surface area contributed by atoms with Crippen LogP contribution in [0.1, 0.15) is 6.92 Å². The van der Waals surface area contributed by atoms with Crippen LogP contribution in [-0.2, 0) is 0 Å². The lowest BCUT2D eigenvalue weighted by atomic mass is 10.3. The molecule has 0 saturated heterocycles. The van der Waals surface area contributed by atoms with E-state index in [1.807, 2.05) is 6.92 Å². The van der Waals surface area contributed by atoms with Crippen LogP contribution in [0.25, 0.3) is 0 Å². The molecule has 0 spiro atoms. The molecule has 0 rings (SSSR count). The highest BCUT2D eigenvalue weighted by molar-refractivity contribution is 9.12. The second-order valence-electron chi connectivity index (χ2n) is 1.70. The van der Waals surface area contributed by atoms with E-state index in [2.05, 4.69) is 15.9 Å². The number of allylic oxidation sites excluding steroid dienone is 2. The predicted octanol–water partition coefficient (Wildman–Crippen LogP) is 2.34. The van der Waals surface area contributed by atoms with Crippen LogP contribution in [0.3, 0.4) is 0 Å². The molecule has 4 heteroatoms. The van der Waals surface area contributed by atoms with Crippen molar-refractivity contribution in [3.8, 4) is 0 Å².